The fourth-order valence-corrected chi connectivity index (χ4v) is 2.63. The van der Waals surface area contributed by atoms with Gasteiger partial charge in [-0.1, -0.05) is 6.07 Å². The fourth-order valence-electron chi connectivity index (χ4n) is 2.63. The van der Waals surface area contributed by atoms with Gasteiger partial charge in [0.15, 0.2) is 0 Å². The van der Waals surface area contributed by atoms with Crippen molar-refractivity contribution in [2.75, 3.05) is 16.8 Å². The van der Waals surface area contributed by atoms with Crippen LogP contribution in [0.2, 0.25) is 0 Å². The van der Waals surface area contributed by atoms with E-state index in [0.29, 0.717) is 24.9 Å². The number of hydrogen-bond acceptors (Lipinski definition) is 3. The maximum absolute atomic E-state index is 11.9. The van der Waals surface area contributed by atoms with Crippen molar-refractivity contribution >= 4 is 23.2 Å². The smallest absolute Gasteiger partial charge is 0.233 e. The molecule has 0 saturated carbocycles. The summed E-state index contributed by atoms with van der Waals surface area (Å²) in [5.41, 5.74) is 3.03. The Morgan fingerprint density at radius 2 is 1.78 bits per heavy atom. The van der Waals surface area contributed by atoms with Crippen LogP contribution in [0.15, 0.2) is 18.2 Å². The van der Waals surface area contributed by atoms with Crippen LogP contribution in [-0.2, 0) is 16.0 Å². The summed E-state index contributed by atoms with van der Waals surface area (Å²) in [5.74, 6) is -0.163. The van der Waals surface area contributed by atoms with Gasteiger partial charge in [-0.15, -0.1) is 0 Å². The highest BCUT2D eigenvalue weighted by atomic mass is 16.2. The Morgan fingerprint density at radius 1 is 1.00 bits per heavy atom. The number of amides is 2. The van der Waals surface area contributed by atoms with E-state index >= 15 is 0 Å². The number of hydrogen-bond donors (Lipinski definition) is 1. The van der Waals surface area contributed by atoms with E-state index in [-0.39, 0.29) is 11.8 Å². The zero-order valence-electron chi connectivity index (χ0n) is 10.2. The zero-order valence-corrected chi connectivity index (χ0v) is 10.2. The van der Waals surface area contributed by atoms with Crippen LogP contribution in [0.1, 0.15) is 31.2 Å². The molecule has 18 heavy (non-hydrogen) atoms. The summed E-state index contributed by atoms with van der Waals surface area (Å²) < 4.78 is 0. The first-order valence-corrected chi connectivity index (χ1v) is 6.48. The van der Waals surface area contributed by atoms with Crippen LogP contribution in [0.5, 0.6) is 0 Å². The molecule has 2 heterocycles. The highest BCUT2D eigenvalue weighted by molar-refractivity contribution is 6.16. The van der Waals surface area contributed by atoms with Gasteiger partial charge in [-0.25, -0.2) is 0 Å². The third-order valence-corrected chi connectivity index (χ3v) is 3.57. The van der Waals surface area contributed by atoms with Crippen LogP contribution in [0.3, 0.4) is 0 Å². The third-order valence-electron chi connectivity index (χ3n) is 3.57. The number of anilines is 2. The van der Waals surface area contributed by atoms with Crippen molar-refractivity contribution in [1.29, 1.82) is 0 Å². The molecule has 0 unspecified atom stereocenters. The Morgan fingerprint density at radius 3 is 2.56 bits per heavy atom. The van der Waals surface area contributed by atoms with Gasteiger partial charge in [0.2, 0.25) is 11.8 Å². The Kier molecular flexibility index (Phi) is 2.78. The molecule has 1 aromatic carbocycles. The molecule has 3 rings (SSSR count). The zero-order chi connectivity index (χ0) is 12.5. The average molecular weight is 244 g/mol. The van der Waals surface area contributed by atoms with E-state index in [4.69, 9.17) is 0 Å². The monoisotopic (exact) mass is 244 g/mol. The van der Waals surface area contributed by atoms with Gasteiger partial charge < -0.3 is 5.32 Å². The summed E-state index contributed by atoms with van der Waals surface area (Å²) in [6.07, 6.45) is 3.81. The molecular formula is C14H16N2O2. The van der Waals surface area contributed by atoms with Crippen LogP contribution in [0.4, 0.5) is 11.4 Å². The number of carbonyl (C=O) groups excluding carboxylic acids is 2. The van der Waals surface area contributed by atoms with E-state index in [1.807, 2.05) is 18.2 Å². The molecule has 0 aromatic heterocycles. The summed E-state index contributed by atoms with van der Waals surface area (Å²) in [7, 11) is 0. The van der Waals surface area contributed by atoms with Crippen molar-refractivity contribution < 1.29 is 9.59 Å². The lowest BCUT2D eigenvalue weighted by Gasteiger charge is -2.27. The van der Waals surface area contributed by atoms with Crippen LogP contribution >= 0.6 is 0 Å². The van der Waals surface area contributed by atoms with Crippen molar-refractivity contribution in [2.24, 2.45) is 0 Å². The Bertz CT molecular complexity index is 495. The van der Waals surface area contributed by atoms with E-state index in [9.17, 15) is 9.59 Å². The van der Waals surface area contributed by atoms with Gasteiger partial charge >= 0.3 is 0 Å². The molecule has 2 aliphatic rings. The largest absolute Gasteiger partial charge is 0.385 e. The predicted molar refractivity (Wildman–Crippen MR) is 69.6 cm³/mol. The predicted octanol–water partition coefficient (Wildman–Crippen LogP) is 2.09. The van der Waals surface area contributed by atoms with Crippen molar-refractivity contribution in [2.45, 2.75) is 32.1 Å². The number of benzene rings is 1. The van der Waals surface area contributed by atoms with Gasteiger partial charge in [0, 0.05) is 25.1 Å². The minimum atomic E-state index is -0.0815. The van der Waals surface area contributed by atoms with Gasteiger partial charge in [0.05, 0.1) is 5.69 Å². The van der Waals surface area contributed by atoms with Crippen molar-refractivity contribution in [3.8, 4) is 0 Å². The van der Waals surface area contributed by atoms with E-state index in [2.05, 4.69) is 5.32 Å². The molecule has 4 nitrogen and oxygen atoms in total. The normalized spacial score (nSPS) is 19.4. The van der Waals surface area contributed by atoms with E-state index in [1.165, 1.54) is 10.5 Å². The quantitative estimate of drug-likeness (QED) is 0.769. The number of nitrogens with one attached hydrogen (secondary N) is 1. The van der Waals surface area contributed by atoms with Crippen molar-refractivity contribution in [3.05, 3.63) is 23.8 Å². The van der Waals surface area contributed by atoms with Gasteiger partial charge in [0.1, 0.15) is 0 Å². The van der Waals surface area contributed by atoms with E-state index in [1.54, 1.807) is 0 Å². The first-order valence-electron chi connectivity index (χ1n) is 6.48. The Balaban J connectivity index is 1.96. The summed E-state index contributed by atoms with van der Waals surface area (Å²) in [6.45, 7) is 0.957. The molecule has 4 heteroatoms. The number of aryl methyl sites for hydroxylation is 1. The van der Waals surface area contributed by atoms with Crippen LogP contribution in [0.25, 0.3) is 0 Å². The van der Waals surface area contributed by atoms with Gasteiger partial charge in [0.25, 0.3) is 0 Å². The standard InChI is InChI=1S/C14H16N2O2/c17-13-4-1-5-14(18)16(13)11-7-6-10-3-2-8-15-12(10)9-11/h6-7,9,15H,1-5,8H2. The van der Waals surface area contributed by atoms with E-state index in [0.717, 1.165) is 25.1 Å². The van der Waals surface area contributed by atoms with Crippen LogP contribution in [0, 0.1) is 0 Å². The fraction of sp³-hybridized carbons (Fsp3) is 0.429. The number of imide groups is 1. The van der Waals surface area contributed by atoms with Crippen molar-refractivity contribution in [3.63, 3.8) is 0 Å². The van der Waals surface area contributed by atoms with Crippen molar-refractivity contribution in [1.82, 2.24) is 0 Å². The summed E-state index contributed by atoms with van der Waals surface area (Å²) in [4.78, 5) is 25.0. The average Bonchev–Trinajstić information content (AvgIpc) is 2.38. The van der Waals surface area contributed by atoms with E-state index < -0.39 is 0 Å². The second-order valence-electron chi connectivity index (χ2n) is 4.85. The maximum atomic E-state index is 11.9. The van der Waals surface area contributed by atoms with Gasteiger partial charge in [-0.2, -0.15) is 0 Å². The molecule has 2 amide bonds. The highest BCUT2D eigenvalue weighted by Crippen LogP contribution is 2.29. The number of fused-ring (bicyclic) bond motifs is 1. The lowest BCUT2D eigenvalue weighted by atomic mass is 10.0. The first-order chi connectivity index (χ1) is 8.75. The summed E-state index contributed by atoms with van der Waals surface area (Å²) >= 11 is 0. The maximum Gasteiger partial charge on any atom is 0.233 e. The molecule has 0 aliphatic carbocycles. The highest BCUT2D eigenvalue weighted by Gasteiger charge is 2.27. The second kappa shape index (κ2) is 4.44. The molecular weight excluding hydrogens is 228 g/mol. The third kappa shape index (κ3) is 1.88. The minimum Gasteiger partial charge on any atom is -0.385 e. The van der Waals surface area contributed by atoms with Crippen LogP contribution in [-0.4, -0.2) is 18.4 Å². The molecule has 0 bridgehead atoms. The van der Waals surface area contributed by atoms with Crippen LogP contribution < -0.4 is 10.2 Å². The topological polar surface area (TPSA) is 49.4 Å². The summed E-state index contributed by atoms with van der Waals surface area (Å²) in [6, 6.07) is 5.83. The molecule has 1 aromatic rings. The lowest BCUT2D eigenvalue weighted by molar-refractivity contribution is -0.129. The van der Waals surface area contributed by atoms with Gasteiger partial charge in [-0.3, -0.25) is 14.5 Å². The number of rotatable bonds is 1. The number of piperidine rings is 1. The molecule has 2 aliphatic heterocycles. The van der Waals surface area contributed by atoms with Gasteiger partial charge in [-0.05, 0) is 37.0 Å². The Hall–Kier alpha value is -1.84. The number of carbonyl (C=O) groups is 2. The molecule has 0 atom stereocenters. The SMILES string of the molecule is O=C1CCCC(=O)N1c1ccc2c(c1)NCCC2. The second-order valence-corrected chi connectivity index (χ2v) is 4.85. The minimum absolute atomic E-state index is 0.0815. The molecule has 1 saturated heterocycles. The molecule has 94 valence electrons. The lowest BCUT2D eigenvalue weighted by Crippen LogP contribution is -2.40. The number of nitrogens with zero attached hydrogens (tertiary/aromatic N) is 1. The first kappa shape index (κ1) is 11.3. The molecule has 1 N–H and O–H groups in total. The molecule has 0 radical (unpaired) electrons. The molecule has 0 spiro atoms. The molecule has 1 fully saturated rings. The summed E-state index contributed by atoms with van der Waals surface area (Å²) in [5, 5.41) is 3.32. The Labute approximate surface area is 106 Å².